The normalized spacial score (nSPS) is 14.6. The van der Waals surface area contributed by atoms with Crippen molar-refractivity contribution in [3.05, 3.63) is 35.4 Å². The Balaban J connectivity index is 1.85. The zero-order chi connectivity index (χ0) is 11.4. The average Bonchev–Trinajstić information content (AvgIpc) is 3.10. The molecule has 1 aliphatic rings. The molecule has 1 saturated carbocycles. The molecule has 2 nitrogen and oxygen atoms in total. The maximum absolute atomic E-state index is 5.23. The molecule has 0 heterocycles. The van der Waals surface area contributed by atoms with Crippen molar-refractivity contribution in [2.45, 2.75) is 38.8 Å². The van der Waals surface area contributed by atoms with Crippen LogP contribution in [-0.2, 0) is 13.0 Å². The van der Waals surface area contributed by atoms with E-state index >= 15 is 0 Å². The molecule has 0 unspecified atom stereocenters. The number of nitrogens with one attached hydrogen (secondary N) is 2. The lowest BCUT2D eigenvalue weighted by atomic mass is 10.1. The van der Waals surface area contributed by atoms with Crippen LogP contribution in [0.2, 0.25) is 0 Å². The lowest BCUT2D eigenvalue weighted by molar-refractivity contribution is 0.822. The first-order valence-corrected chi connectivity index (χ1v) is 6.31. The Labute approximate surface area is 102 Å². The van der Waals surface area contributed by atoms with Gasteiger partial charge < -0.3 is 10.6 Å². The molecule has 0 amide bonds. The lowest BCUT2D eigenvalue weighted by Gasteiger charge is -2.12. The number of rotatable bonds is 4. The number of thiocarbonyl (C=S) groups is 1. The predicted octanol–water partition coefficient (Wildman–Crippen LogP) is 2.38. The molecule has 1 aromatic carbocycles. The van der Waals surface area contributed by atoms with E-state index in [1.807, 2.05) is 0 Å². The first-order valence-electron chi connectivity index (χ1n) is 5.90. The van der Waals surface area contributed by atoms with Crippen molar-refractivity contribution in [1.82, 2.24) is 10.6 Å². The first-order chi connectivity index (χ1) is 7.79. The van der Waals surface area contributed by atoms with Crippen LogP contribution in [0, 0.1) is 0 Å². The van der Waals surface area contributed by atoms with Crippen molar-refractivity contribution in [1.29, 1.82) is 0 Å². The van der Waals surface area contributed by atoms with Crippen LogP contribution < -0.4 is 10.6 Å². The zero-order valence-corrected chi connectivity index (χ0v) is 10.4. The van der Waals surface area contributed by atoms with Gasteiger partial charge in [0.05, 0.1) is 0 Å². The highest BCUT2D eigenvalue weighted by Crippen LogP contribution is 2.18. The molecule has 0 bridgehead atoms. The van der Waals surface area contributed by atoms with Crippen LogP contribution in [0.3, 0.4) is 0 Å². The van der Waals surface area contributed by atoms with E-state index in [-0.39, 0.29) is 0 Å². The van der Waals surface area contributed by atoms with Gasteiger partial charge in [0, 0.05) is 12.6 Å². The standard InChI is InChI=1S/C13H18N2S/c1-2-10-5-3-4-6-11(10)9-14-13(16)15-12-7-8-12/h3-6,12H,2,7-9H2,1H3,(H2,14,15,16). The van der Waals surface area contributed by atoms with E-state index in [1.54, 1.807) is 0 Å². The van der Waals surface area contributed by atoms with Gasteiger partial charge in [-0.2, -0.15) is 0 Å². The van der Waals surface area contributed by atoms with Crippen molar-refractivity contribution >= 4 is 17.3 Å². The number of benzene rings is 1. The Bertz CT molecular complexity index is 372. The lowest BCUT2D eigenvalue weighted by Crippen LogP contribution is -2.36. The Hall–Kier alpha value is -1.09. The van der Waals surface area contributed by atoms with E-state index < -0.39 is 0 Å². The molecule has 2 N–H and O–H groups in total. The third-order valence-electron chi connectivity index (χ3n) is 2.85. The molecule has 1 aliphatic carbocycles. The molecule has 86 valence electrons. The summed E-state index contributed by atoms with van der Waals surface area (Å²) in [4.78, 5) is 0. The van der Waals surface area contributed by atoms with Crippen LogP contribution in [0.25, 0.3) is 0 Å². The summed E-state index contributed by atoms with van der Waals surface area (Å²) >= 11 is 5.23. The molecule has 0 spiro atoms. The second kappa shape index (κ2) is 5.30. The summed E-state index contributed by atoms with van der Waals surface area (Å²) in [5, 5.41) is 7.33. The Morgan fingerprint density at radius 2 is 2.00 bits per heavy atom. The minimum atomic E-state index is 0.626. The maximum atomic E-state index is 5.23. The van der Waals surface area contributed by atoms with Crippen molar-refractivity contribution in [3.8, 4) is 0 Å². The van der Waals surface area contributed by atoms with E-state index in [1.165, 1.54) is 24.0 Å². The molecule has 0 aromatic heterocycles. The topological polar surface area (TPSA) is 24.1 Å². The van der Waals surface area contributed by atoms with Gasteiger partial charge in [-0.1, -0.05) is 31.2 Å². The fraction of sp³-hybridized carbons (Fsp3) is 0.462. The SMILES string of the molecule is CCc1ccccc1CNC(=S)NC1CC1. The second-order valence-corrected chi connectivity index (χ2v) is 4.63. The monoisotopic (exact) mass is 234 g/mol. The van der Waals surface area contributed by atoms with Gasteiger partial charge >= 0.3 is 0 Å². The molecule has 0 atom stereocenters. The van der Waals surface area contributed by atoms with Crippen LogP contribution >= 0.6 is 12.2 Å². The van der Waals surface area contributed by atoms with E-state index in [2.05, 4.69) is 41.8 Å². The molecular weight excluding hydrogens is 216 g/mol. The van der Waals surface area contributed by atoms with Crippen molar-refractivity contribution in [3.63, 3.8) is 0 Å². The molecule has 0 saturated heterocycles. The highest BCUT2D eigenvalue weighted by molar-refractivity contribution is 7.80. The summed E-state index contributed by atoms with van der Waals surface area (Å²) in [5.74, 6) is 0. The summed E-state index contributed by atoms with van der Waals surface area (Å²) in [6.45, 7) is 3.00. The maximum Gasteiger partial charge on any atom is 0.166 e. The van der Waals surface area contributed by atoms with Gasteiger partial charge in [-0.25, -0.2) is 0 Å². The smallest absolute Gasteiger partial charge is 0.166 e. The number of hydrogen-bond acceptors (Lipinski definition) is 1. The van der Waals surface area contributed by atoms with Gasteiger partial charge in [0.2, 0.25) is 0 Å². The molecule has 16 heavy (non-hydrogen) atoms. The third kappa shape index (κ3) is 3.20. The van der Waals surface area contributed by atoms with Crippen LogP contribution in [0.15, 0.2) is 24.3 Å². The molecule has 0 aliphatic heterocycles. The van der Waals surface area contributed by atoms with Crippen molar-refractivity contribution in [2.75, 3.05) is 0 Å². The molecule has 2 rings (SSSR count). The van der Waals surface area contributed by atoms with Gasteiger partial charge in [-0.05, 0) is 42.6 Å². The summed E-state index contributed by atoms with van der Waals surface area (Å²) in [6, 6.07) is 9.12. The largest absolute Gasteiger partial charge is 0.360 e. The number of aryl methyl sites for hydroxylation is 1. The van der Waals surface area contributed by atoms with Gasteiger partial charge in [0.1, 0.15) is 0 Å². The van der Waals surface area contributed by atoms with E-state index in [0.29, 0.717) is 6.04 Å². The molecule has 3 heteroatoms. The van der Waals surface area contributed by atoms with Crippen LogP contribution in [0.4, 0.5) is 0 Å². The van der Waals surface area contributed by atoms with Crippen molar-refractivity contribution in [2.24, 2.45) is 0 Å². The fourth-order valence-corrected chi connectivity index (χ4v) is 1.95. The summed E-state index contributed by atoms with van der Waals surface area (Å²) < 4.78 is 0. The fourth-order valence-electron chi connectivity index (χ4n) is 1.71. The molecule has 1 fully saturated rings. The molecule has 1 aromatic rings. The van der Waals surface area contributed by atoms with E-state index in [0.717, 1.165) is 18.1 Å². The van der Waals surface area contributed by atoms with Crippen molar-refractivity contribution < 1.29 is 0 Å². The summed E-state index contributed by atoms with van der Waals surface area (Å²) in [5.41, 5.74) is 2.73. The van der Waals surface area contributed by atoms with Gasteiger partial charge in [0.25, 0.3) is 0 Å². The predicted molar refractivity (Wildman–Crippen MR) is 71.4 cm³/mol. The highest BCUT2D eigenvalue weighted by Gasteiger charge is 2.21. The Morgan fingerprint density at radius 1 is 1.31 bits per heavy atom. The number of hydrogen-bond donors (Lipinski definition) is 2. The van der Waals surface area contributed by atoms with E-state index in [9.17, 15) is 0 Å². The van der Waals surface area contributed by atoms with Gasteiger partial charge in [0.15, 0.2) is 5.11 Å². The van der Waals surface area contributed by atoms with E-state index in [4.69, 9.17) is 12.2 Å². The minimum Gasteiger partial charge on any atom is -0.360 e. The second-order valence-electron chi connectivity index (χ2n) is 4.22. The quantitative estimate of drug-likeness (QED) is 0.782. The zero-order valence-electron chi connectivity index (χ0n) is 9.62. The average molecular weight is 234 g/mol. The summed E-state index contributed by atoms with van der Waals surface area (Å²) in [6.07, 6.45) is 3.58. The van der Waals surface area contributed by atoms with Gasteiger partial charge in [-0.3, -0.25) is 0 Å². The molecular formula is C13H18N2S. The Morgan fingerprint density at radius 3 is 2.62 bits per heavy atom. The van der Waals surface area contributed by atoms with Crippen LogP contribution in [0.5, 0.6) is 0 Å². The third-order valence-corrected chi connectivity index (χ3v) is 3.11. The summed E-state index contributed by atoms with van der Waals surface area (Å²) in [7, 11) is 0. The molecule has 0 radical (unpaired) electrons. The Kier molecular flexibility index (Phi) is 3.78. The highest BCUT2D eigenvalue weighted by atomic mass is 32.1. The van der Waals surface area contributed by atoms with Gasteiger partial charge in [-0.15, -0.1) is 0 Å². The van der Waals surface area contributed by atoms with Crippen LogP contribution in [0.1, 0.15) is 30.9 Å². The minimum absolute atomic E-state index is 0.626. The first kappa shape index (κ1) is 11.4. The van der Waals surface area contributed by atoms with Crippen LogP contribution in [-0.4, -0.2) is 11.2 Å².